The molecule has 1 saturated carbocycles. The highest BCUT2D eigenvalue weighted by atomic mass is 32.1. The summed E-state index contributed by atoms with van der Waals surface area (Å²) in [5.41, 5.74) is 5.94. The number of nitrogens with zero attached hydrogens (tertiary/aromatic N) is 2. The molecule has 0 aromatic carbocycles. The van der Waals surface area contributed by atoms with Crippen LogP contribution < -0.4 is 11.1 Å². The molecule has 1 amide bonds. The Bertz CT molecular complexity index is 494. The lowest BCUT2D eigenvalue weighted by molar-refractivity contribution is 0.0741. The molecule has 0 unspecified atom stereocenters. The van der Waals surface area contributed by atoms with Crippen molar-refractivity contribution < 1.29 is 4.79 Å². The molecule has 0 atom stereocenters. The Labute approximate surface area is 130 Å². The molecular weight excluding hydrogens is 284 g/mol. The van der Waals surface area contributed by atoms with Crippen molar-refractivity contribution in [1.29, 1.82) is 0 Å². The molecule has 0 saturated heterocycles. The lowest BCUT2D eigenvalue weighted by Crippen LogP contribution is -2.34. The second kappa shape index (κ2) is 6.64. The van der Waals surface area contributed by atoms with Crippen molar-refractivity contribution >= 4 is 28.2 Å². The zero-order valence-corrected chi connectivity index (χ0v) is 14.2. The number of rotatable bonds is 7. The van der Waals surface area contributed by atoms with Gasteiger partial charge in [-0.2, -0.15) is 0 Å². The summed E-state index contributed by atoms with van der Waals surface area (Å²) < 4.78 is 0. The highest BCUT2D eigenvalue weighted by molar-refractivity contribution is 7.18. The van der Waals surface area contributed by atoms with Crippen molar-refractivity contribution in [3.63, 3.8) is 0 Å². The normalized spacial score (nSPS) is 14.8. The molecule has 0 bridgehead atoms. The standard InChI is InChI=1S/C15H26N4OS/c1-9(2)7-8-19(11-5-6-11)14(20)12-13(16)18-15(21-12)17-10(3)4/h9-11H,5-8,16H2,1-4H3,(H,17,18). The SMILES string of the molecule is CC(C)CCN(C(=O)c1sc(NC(C)C)nc1N)C1CC1. The molecule has 5 nitrogen and oxygen atoms in total. The predicted molar refractivity (Wildman–Crippen MR) is 88.8 cm³/mol. The molecule has 2 rings (SSSR count). The number of nitrogens with two attached hydrogens (primary N) is 1. The molecule has 1 heterocycles. The van der Waals surface area contributed by atoms with Gasteiger partial charge in [0, 0.05) is 18.6 Å². The van der Waals surface area contributed by atoms with Gasteiger partial charge in [-0.3, -0.25) is 4.79 Å². The Hall–Kier alpha value is -1.30. The summed E-state index contributed by atoms with van der Waals surface area (Å²) >= 11 is 1.37. The summed E-state index contributed by atoms with van der Waals surface area (Å²) in [4.78, 5) is 19.6. The molecule has 0 radical (unpaired) electrons. The van der Waals surface area contributed by atoms with Gasteiger partial charge in [0.2, 0.25) is 0 Å². The zero-order chi connectivity index (χ0) is 15.6. The first-order chi connectivity index (χ1) is 9.88. The second-order valence-corrected chi connectivity index (χ2v) is 7.44. The van der Waals surface area contributed by atoms with Gasteiger partial charge >= 0.3 is 0 Å². The molecule has 0 spiro atoms. The van der Waals surface area contributed by atoms with Gasteiger partial charge in [-0.25, -0.2) is 4.98 Å². The maximum absolute atomic E-state index is 12.7. The van der Waals surface area contributed by atoms with Gasteiger partial charge in [0.25, 0.3) is 5.91 Å². The lowest BCUT2D eigenvalue weighted by atomic mass is 10.1. The minimum atomic E-state index is 0.0463. The van der Waals surface area contributed by atoms with Crippen LogP contribution in [0.1, 0.15) is 56.6 Å². The van der Waals surface area contributed by atoms with E-state index in [-0.39, 0.29) is 11.9 Å². The molecule has 21 heavy (non-hydrogen) atoms. The third-order valence-electron chi connectivity index (χ3n) is 3.46. The number of aromatic nitrogens is 1. The number of carbonyl (C=O) groups excluding carboxylic acids is 1. The van der Waals surface area contributed by atoms with Gasteiger partial charge in [-0.15, -0.1) is 0 Å². The van der Waals surface area contributed by atoms with Gasteiger partial charge in [0.05, 0.1) is 0 Å². The Morgan fingerprint density at radius 3 is 2.62 bits per heavy atom. The summed E-state index contributed by atoms with van der Waals surface area (Å²) in [6, 6.07) is 0.679. The molecular formula is C15H26N4OS. The third-order valence-corrected chi connectivity index (χ3v) is 4.45. The minimum Gasteiger partial charge on any atom is -0.382 e. The topological polar surface area (TPSA) is 71.2 Å². The van der Waals surface area contributed by atoms with E-state index in [2.05, 4.69) is 24.1 Å². The molecule has 0 aliphatic heterocycles. The summed E-state index contributed by atoms with van der Waals surface area (Å²) in [6.07, 6.45) is 3.25. The predicted octanol–water partition coefficient (Wildman–Crippen LogP) is 3.20. The number of hydrogen-bond acceptors (Lipinski definition) is 5. The molecule has 6 heteroatoms. The molecule has 3 N–H and O–H groups in total. The number of hydrogen-bond donors (Lipinski definition) is 2. The van der Waals surface area contributed by atoms with Gasteiger partial charge in [-0.1, -0.05) is 25.2 Å². The first-order valence-corrected chi connectivity index (χ1v) is 8.54. The maximum Gasteiger partial charge on any atom is 0.268 e. The molecule has 1 aliphatic carbocycles. The van der Waals surface area contributed by atoms with E-state index in [1.165, 1.54) is 11.3 Å². The van der Waals surface area contributed by atoms with Crippen molar-refractivity contribution in [2.75, 3.05) is 17.6 Å². The number of anilines is 2. The third kappa shape index (κ3) is 4.33. The van der Waals surface area contributed by atoms with Crippen LogP contribution in [-0.2, 0) is 0 Å². The van der Waals surface area contributed by atoms with Gasteiger partial charge < -0.3 is 16.0 Å². The van der Waals surface area contributed by atoms with Crippen LogP contribution in [0.25, 0.3) is 0 Å². The molecule has 1 aromatic heterocycles. The average molecular weight is 310 g/mol. The van der Waals surface area contributed by atoms with Crippen LogP contribution in [0.5, 0.6) is 0 Å². The number of nitrogens with one attached hydrogen (secondary N) is 1. The van der Waals surface area contributed by atoms with Crippen LogP contribution in [0.2, 0.25) is 0 Å². The number of thiazole rings is 1. The van der Waals surface area contributed by atoms with Gasteiger partial charge in [0.15, 0.2) is 5.13 Å². The Balaban J connectivity index is 2.10. The van der Waals surface area contributed by atoms with Crippen molar-refractivity contribution in [2.45, 2.75) is 59.0 Å². The van der Waals surface area contributed by atoms with E-state index in [0.29, 0.717) is 22.7 Å². The van der Waals surface area contributed by atoms with Crippen molar-refractivity contribution in [1.82, 2.24) is 9.88 Å². The Kier molecular flexibility index (Phi) is 5.08. The van der Waals surface area contributed by atoms with E-state index < -0.39 is 0 Å². The first kappa shape index (κ1) is 16.1. The van der Waals surface area contributed by atoms with Crippen LogP contribution in [0.3, 0.4) is 0 Å². The van der Waals surface area contributed by atoms with E-state index in [0.717, 1.165) is 30.9 Å². The summed E-state index contributed by atoms with van der Waals surface area (Å²) in [7, 11) is 0. The number of amides is 1. The zero-order valence-electron chi connectivity index (χ0n) is 13.3. The monoisotopic (exact) mass is 310 g/mol. The Morgan fingerprint density at radius 2 is 2.10 bits per heavy atom. The van der Waals surface area contributed by atoms with Gasteiger partial charge in [0.1, 0.15) is 10.7 Å². The van der Waals surface area contributed by atoms with E-state index >= 15 is 0 Å². The highest BCUT2D eigenvalue weighted by Gasteiger charge is 2.34. The fraction of sp³-hybridized carbons (Fsp3) is 0.733. The minimum absolute atomic E-state index is 0.0463. The van der Waals surface area contributed by atoms with E-state index in [1.54, 1.807) is 0 Å². The molecule has 1 aromatic rings. The van der Waals surface area contributed by atoms with E-state index in [9.17, 15) is 4.79 Å². The van der Waals surface area contributed by atoms with Crippen LogP contribution in [0.4, 0.5) is 10.9 Å². The van der Waals surface area contributed by atoms with E-state index in [1.807, 2.05) is 18.7 Å². The Morgan fingerprint density at radius 1 is 1.43 bits per heavy atom. The van der Waals surface area contributed by atoms with Crippen LogP contribution in [-0.4, -0.2) is 34.4 Å². The fourth-order valence-corrected chi connectivity index (χ4v) is 3.14. The quantitative estimate of drug-likeness (QED) is 0.811. The highest BCUT2D eigenvalue weighted by Crippen LogP contribution is 2.33. The summed E-state index contributed by atoms with van der Waals surface area (Å²) in [6.45, 7) is 9.25. The van der Waals surface area contributed by atoms with Gasteiger partial charge in [-0.05, 0) is 39.0 Å². The average Bonchev–Trinajstić information content (AvgIpc) is 3.13. The van der Waals surface area contributed by atoms with Crippen molar-refractivity contribution in [3.05, 3.63) is 4.88 Å². The van der Waals surface area contributed by atoms with Crippen LogP contribution in [0.15, 0.2) is 0 Å². The number of nitrogen functional groups attached to an aromatic ring is 1. The van der Waals surface area contributed by atoms with Crippen molar-refractivity contribution in [2.24, 2.45) is 5.92 Å². The first-order valence-electron chi connectivity index (χ1n) is 7.72. The van der Waals surface area contributed by atoms with Crippen molar-refractivity contribution in [3.8, 4) is 0 Å². The maximum atomic E-state index is 12.7. The molecule has 1 aliphatic rings. The lowest BCUT2D eigenvalue weighted by Gasteiger charge is -2.22. The van der Waals surface area contributed by atoms with Crippen LogP contribution >= 0.6 is 11.3 Å². The van der Waals surface area contributed by atoms with Crippen LogP contribution in [0, 0.1) is 5.92 Å². The summed E-state index contributed by atoms with van der Waals surface area (Å²) in [5.74, 6) is 0.990. The molecule has 118 valence electrons. The smallest absolute Gasteiger partial charge is 0.268 e. The molecule has 1 fully saturated rings. The largest absolute Gasteiger partial charge is 0.382 e. The van der Waals surface area contributed by atoms with E-state index in [4.69, 9.17) is 5.73 Å². The number of carbonyl (C=O) groups is 1. The fourth-order valence-electron chi connectivity index (χ4n) is 2.16. The second-order valence-electron chi connectivity index (χ2n) is 6.44. The summed E-state index contributed by atoms with van der Waals surface area (Å²) in [5, 5.41) is 3.94.